The number of aryl methyl sites for hydroxylation is 1. The fourth-order valence-corrected chi connectivity index (χ4v) is 2.97. The summed E-state index contributed by atoms with van der Waals surface area (Å²) >= 11 is 9.17. The van der Waals surface area contributed by atoms with Crippen LogP contribution in [0.1, 0.15) is 24.0 Å². The lowest BCUT2D eigenvalue weighted by Gasteiger charge is -2.08. The number of benzene rings is 2. The van der Waals surface area contributed by atoms with Crippen molar-refractivity contribution in [3.8, 4) is 11.5 Å². The van der Waals surface area contributed by atoms with Gasteiger partial charge in [0.1, 0.15) is 0 Å². The second-order valence-corrected chi connectivity index (χ2v) is 7.20. The van der Waals surface area contributed by atoms with E-state index >= 15 is 0 Å². The second kappa shape index (κ2) is 10.1. The Labute approximate surface area is 175 Å². The number of hydrogen-bond acceptors (Lipinski definition) is 5. The Morgan fingerprint density at radius 3 is 2.64 bits per heavy atom. The van der Waals surface area contributed by atoms with E-state index in [1.807, 2.05) is 6.92 Å². The minimum absolute atomic E-state index is 0.000617. The van der Waals surface area contributed by atoms with Crippen molar-refractivity contribution >= 4 is 51.2 Å². The molecule has 0 atom stereocenters. The number of rotatable bonds is 7. The highest BCUT2D eigenvalue weighted by atomic mass is 79.9. The van der Waals surface area contributed by atoms with E-state index in [4.69, 9.17) is 16.3 Å². The van der Waals surface area contributed by atoms with Gasteiger partial charge in [-0.1, -0.05) is 27.5 Å². The second-order valence-electron chi connectivity index (χ2n) is 5.85. The molecule has 2 rings (SSSR count). The van der Waals surface area contributed by atoms with Gasteiger partial charge in [0.2, 0.25) is 11.8 Å². The average molecular weight is 469 g/mol. The fourth-order valence-electron chi connectivity index (χ4n) is 2.29. The van der Waals surface area contributed by atoms with E-state index in [-0.39, 0.29) is 30.2 Å². The average Bonchev–Trinajstić information content (AvgIpc) is 2.64. The van der Waals surface area contributed by atoms with Gasteiger partial charge in [0.05, 0.1) is 13.3 Å². The maximum Gasteiger partial charge on any atom is 0.240 e. The molecule has 2 amide bonds. The Balaban J connectivity index is 1.85. The molecule has 148 valence electrons. The lowest BCUT2D eigenvalue weighted by atomic mass is 10.2. The van der Waals surface area contributed by atoms with E-state index in [0.717, 1.165) is 5.56 Å². The number of nitrogens with one attached hydrogen (secondary N) is 2. The lowest BCUT2D eigenvalue weighted by Crippen LogP contribution is -2.20. The van der Waals surface area contributed by atoms with Crippen LogP contribution < -0.4 is 15.5 Å². The SMILES string of the molecule is COc1cc(Br)cc(/C=N/NC(=O)CCC(=O)Nc2ccc(Cl)cc2C)c1O. The van der Waals surface area contributed by atoms with Crippen molar-refractivity contribution < 1.29 is 19.4 Å². The molecular weight excluding hydrogens is 450 g/mol. The van der Waals surface area contributed by atoms with Gasteiger partial charge in [-0.15, -0.1) is 0 Å². The molecule has 0 aliphatic heterocycles. The number of carbonyl (C=O) groups is 2. The minimum atomic E-state index is -0.430. The Bertz CT molecular complexity index is 918. The summed E-state index contributed by atoms with van der Waals surface area (Å²) in [5.74, 6) is -0.544. The standard InChI is InChI=1S/C19H19BrClN3O4/c1-11-7-14(21)3-4-15(11)23-17(25)5-6-18(26)24-22-10-12-8-13(20)9-16(28-2)19(12)27/h3-4,7-10,27H,5-6H2,1-2H3,(H,23,25)(H,24,26)/b22-10+. The minimum Gasteiger partial charge on any atom is -0.504 e. The monoisotopic (exact) mass is 467 g/mol. The molecule has 0 radical (unpaired) electrons. The first-order valence-corrected chi connectivity index (χ1v) is 9.41. The van der Waals surface area contributed by atoms with Crippen molar-refractivity contribution in [2.45, 2.75) is 19.8 Å². The van der Waals surface area contributed by atoms with Crippen LogP contribution in [0.3, 0.4) is 0 Å². The number of amides is 2. The van der Waals surface area contributed by atoms with Gasteiger partial charge >= 0.3 is 0 Å². The Kier molecular flexibility index (Phi) is 7.83. The number of aromatic hydroxyl groups is 1. The van der Waals surface area contributed by atoms with Crippen LogP contribution in [0.5, 0.6) is 11.5 Å². The number of hydrogen-bond donors (Lipinski definition) is 3. The maximum absolute atomic E-state index is 12.0. The highest BCUT2D eigenvalue weighted by Gasteiger charge is 2.10. The van der Waals surface area contributed by atoms with Crippen LogP contribution in [0.2, 0.25) is 5.02 Å². The molecule has 0 fully saturated rings. The molecule has 0 unspecified atom stereocenters. The molecule has 7 nitrogen and oxygen atoms in total. The summed E-state index contributed by atoms with van der Waals surface area (Å²) < 4.78 is 5.73. The van der Waals surface area contributed by atoms with E-state index in [1.54, 1.807) is 30.3 Å². The molecule has 9 heteroatoms. The molecule has 28 heavy (non-hydrogen) atoms. The number of halogens is 2. The van der Waals surface area contributed by atoms with Crippen molar-refractivity contribution in [1.82, 2.24) is 5.43 Å². The third-order valence-electron chi connectivity index (χ3n) is 3.72. The molecule has 0 heterocycles. The first kappa shape index (κ1) is 21.7. The molecule has 0 bridgehead atoms. The zero-order chi connectivity index (χ0) is 20.7. The van der Waals surface area contributed by atoms with Crippen LogP contribution in [0.4, 0.5) is 5.69 Å². The van der Waals surface area contributed by atoms with Crippen molar-refractivity contribution in [2.75, 3.05) is 12.4 Å². The molecule has 2 aromatic rings. The first-order valence-electron chi connectivity index (χ1n) is 8.24. The third kappa shape index (κ3) is 6.24. The Morgan fingerprint density at radius 2 is 1.96 bits per heavy atom. The number of phenolic OH excluding ortho intramolecular Hbond substituents is 1. The Morgan fingerprint density at radius 1 is 1.25 bits per heavy atom. The van der Waals surface area contributed by atoms with Gasteiger partial charge in [-0.05, 0) is 42.8 Å². The summed E-state index contributed by atoms with van der Waals surface area (Å²) in [6, 6.07) is 8.35. The summed E-state index contributed by atoms with van der Waals surface area (Å²) in [4.78, 5) is 23.8. The van der Waals surface area contributed by atoms with Gasteiger partial charge in [0.15, 0.2) is 11.5 Å². The van der Waals surface area contributed by atoms with Crippen molar-refractivity contribution in [3.05, 3.63) is 51.0 Å². The van der Waals surface area contributed by atoms with Crippen molar-refractivity contribution in [3.63, 3.8) is 0 Å². The molecule has 3 N–H and O–H groups in total. The third-order valence-corrected chi connectivity index (χ3v) is 4.42. The normalized spacial score (nSPS) is 10.7. The molecule has 0 aliphatic carbocycles. The van der Waals surface area contributed by atoms with E-state index in [1.165, 1.54) is 13.3 Å². The number of methoxy groups -OCH3 is 1. The summed E-state index contributed by atoms with van der Waals surface area (Å²) in [5, 5.41) is 17.1. The smallest absolute Gasteiger partial charge is 0.240 e. The van der Waals surface area contributed by atoms with Crippen LogP contribution in [-0.4, -0.2) is 30.2 Å². The number of nitrogens with zero attached hydrogens (tertiary/aromatic N) is 1. The Hall–Kier alpha value is -2.58. The largest absolute Gasteiger partial charge is 0.504 e. The van der Waals surface area contributed by atoms with Crippen molar-refractivity contribution in [1.29, 1.82) is 0 Å². The number of carbonyl (C=O) groups excluding carboxylic acids is 2. The summed E-state index contributed by atoms with van der Waals surface area (Å²) in [6.45, 7) is 1.83. The van der Waals surface area contributed by atoms with Crippen LogP contribution in [-0.2, 0) is 9.59 Å². The van der Waals surface area contributed by atoms with E-state index < -0.39 is 5.91 Å². The molecule has 0 aliphatic rings. The van der Waals surface area contributed by atoms with Gasteiger partial charge in [0.25, 0.3) is 0 Å². The molecule has 2 aromatic carbocycles. The summed E-state index contributed by atoms with van der Waals surface area (Å²) in [5.41, 5.74) is 4.16. The zero-order valence-electron chi connectivity index (χ0n) is 15.3. The van der Waals surface area contributed by atoms with E-state index in [0.29, 0.717) is 20.7 Å². The first-order chi connectivity index (χ1) is 13.3. The predicted molar refractivity (Wildman–Crippen MR) is 112 cm³/mol. The quantitative estimate of drug-likeness (QED) is 0.422. The fraction of sp³-hybridized carbons (Fsp3) is 0.211. The zero-order valence-corrected chi connectivity index (χ0v) is 17.6. The number of ether oxygens (including phenoxy) is 1. The maximum atomic E-state index is 12.0. The summed E-state index contributed by atoms with van der Waals surface area (Å²) in [7, 11) is 1.43. The van der Waals surface area contributed by atoms with Gasteiger partial charge < -0.3 is 15.2 Å². The van der Waals surface area contributed by atoms with Crippen LogP contribution in [0, 0.1) is 6.92 Å². The van der Waals surface area contributed by atoms with Gasteiger partial charge in [-0.3, -0.25) is 9.59 Å². The highest BCUT2D eigenvalue weighted by molar-refractivity contribution is 9.10. The van der Waals surface area contributed by atoms with E-state index in [2.05, 4.69) is 31.8 Å². The van der Waals surface area contributed by atoms with Gasteiger partial charge in [-0.25, -0.2) is 5.43 Å². The summed E-state index contributed by atoms with van der Waals surface area (Å²) in [6.07, 6.45) is 1.25. The van der Waals surface area contributed by atoms with Gasteiger partial charge in [-0.2, -0.15) is 5.10 Å². The number of anilines is 1. The highest BCUT2D eigenvalue weighted by Crippen LogP contribution is 2.32. The molecule has 0 saturated heterocycles. The van der Waals surface area contributed by atoms with Crippen LogP contribution in [0.15, 0.2) is 39.9 Å². The van der Waals surface area contributed by atoms with E-state index in [9.17, 15) is 14.7 Å². The van der Waals surface area contributed by atoms with Crippen LogP contribution >= 0.6 is 27.5 Å². The molecule has 0 spiro atoms. The van der Waals surface area contributed by atoms with Crippen LogP contribution in [0.25, 0.3) is 0 Å². The lowest BCUT2D eigenvalue weighted by molar-refractivity contribution is -0.124. The molecule has 0 aromatic heterocycles. The number of phenols is 1. The van der Waals surface area contributed by atoms with Crippen molar-refractivity contribution in [2.24, 2.45) is 5.10 Å². The molecule has 0 saturated carbocycles. The number of hydrazone groups is 1. The topological polar surface area (TPSA) is 100 Å². The predicted octanol–water partition coefficient (Wildman–Crippen LogP) is 3.99. The molecular formula is C19H19BrClN3O4. The van der Waals surface area contributed by atoms with Gasteiger partial charge in [0, 0.05) is 33.6 Å².